The van der Waals surface area contributed by atoms with Crippen LogP contribution in [0.4, 0.5) is 16.2 Å². The van der Waals surface area contributed by atoms with E-state index in [-0.39, 0.29) is 24.5 Å². The van der Waals surface area contributed by atoms with Gasteiger partial charge < -0.3 is 20.9 Å². The highest BCUT2D eigenvalue weighted by atomic mass is 16.2. The van der Waals surface area contributed by atoms with Gasteiger partial charge in [0.15, 0.2) is 0 Å². The number of anilines is 2. The van der Waals surface area contributed by atoms with Crippen LogP contribution in [-0.2, 0) is 4.79 Å². The molecule has 3 amide bonds. The van der Waals surface area contributed by atoms with Gasteiger partial charge in [0.1, 0.15) is 0 Å². The first-order valence-corrected chi connectivity index (χ1v) is 8.25. The minimum absolute atomic E-state index is 0.0709. The number of pyridine rings is 1. The van der Waals surface area contributed by atoms with Crippen molar-refractivity contribution in [2.75, 3.05) is 29.9 Å². The molecule has 0 saturated carbocycles. The predicted molar refractivity (Wildman–Crippen MR) is 96.5 cm³/mol. The quantitative estimate of drug-likeness (QED) is 0.772. The fourth-order valence-corrected chi connectivity index (χ4v) is 2.79. The second-order valence-corrected chi connectivity index (χ2v) is 5.88. The number of benzene rings is 1. The number of aromatic nitrogens is 1. The molecule has 3 N–H and O–H groups in total. The van der Waals surface area contributed by atoms with Crippen molar-refractivity contribution in [1.29, 1.82) is 0 Å². The zero-order valence-electron chi connectivity index (χ0n) is 13.8. The molecule has 130 valence electrons. The van der Waals surface area contributed by atoms with Gasteiger partial charge in [-0.2, -0.15) is 0 Å². The Kier molecular flexibility index (Phi) is 5.46. The van der Waals surface area contributed by atoms with Gasteiger partial charge in [0.05, 0.1) is 18.4 Å². The molecule has 0 bridgehead atoms. The van der Waals surface area contributed by atoms with Gasteiger partial charge in [-0.25, -0.2) is 4.79 Å². The number of amides is 3. The molecule has 1 aromatic heterocycles. The van der Waals surface area contributed by atoms with Crippen LogP contribution in [0.3, 0.4) is 0 Å². The first-order chi connectivity index (χ1) is 12.2. The average Bonchev–Trinajstić information content (AvgIpc) is 3.10. The molecule has 1 saturated heterocycles. The molecule has 0 aliphatic carbocycles. The van der Waals surface area contributed by atoms with Gasteiger partial charge in [-0.15, -0.1) is 0 Å². The molecular formula is C18H21N5O2. The van der Waals surface area contributed by atoms with Crippen LogP contribution in [0.25, 0.3) is 0 Å². The van der Waals surface area contributed by atoms with Crippen LogP contribution in [0.5, 0.6) is 0 Å². The molecule has 7 nitrogen and oxygen atoms in total. The Morgan fingerprint density at radius 3 is 2.76 bits per heavy atom. The second kappa shape index (κ2) is 8.14. The molecule has 7 heteroatoms. The summed E-state index contributed by atoms with van der Waals surface area (Å²) in [5.74, 6) is -0.291. The number of urea groups is 1. The Labute approximate surface area is 146 Å². The van der Waals surface area contributed by atoms with Crippen LogP contribution in [-0.4, -0.2) is 42.6 Å². The van der Waals surface area contributed by atoms with E-state index in [9.17, 15) is 9.59 Å². The van der Waals surface area contributed by atoms with Crippen LogP contribution in [0.15, 0.2) is 54.9 Å². The highest BCUT2D eigenvalue weighted by Crippen LogP contribution is 2.19. The maximum atomic E-state index is 12.0. The fraction of sp³-hybridized carbons (Fsp3) is 0.278. The lowest BCUT2D eigenvalue weighted by Crippen LogP contribution is -2.45. The number of carbonyl (C=O) groups is 2. The maximum absolute atomic E-state index is 12.0. The molecular weight excluding hydrogens is 318 g/mol. The zero-order valence-corrected chi connectivity index (χ0v) is 13.8. The second-order valence-electron chi connectivity index (χ2n) is 5.88. The summed E-state index contributed by atoms with van der Waals surface area (Å²) >= 11 is 0. The van der Waals surface area contributed by atoms with E-state index < -0.39 is 0 Å². The summed E-state index contributed by atoms with van der Waals surface area (Å²) in [5, 5.41) is 8.16. The lowest BCUT2D eigenvalue weighted by Gasteiger charge is -2.19. The van der Waals surface area contributed by atoms with Crippen molar-refractivity contribution in [2.45, 2.75) is 12.5 Å². The van der Waals surface area contributed by atoms with E-state index >= 15 is 0 Å². The van der Waals surface area contributed by atoms with Crippen LogP contribution in [0, 0.1) is 0 Å². The summed E-state index contributed by atoms with van der Waals surface area (Å²) < 4.78 is 0. The van der Waals surface area contributed by atoms with Crippen molar-refractivity contribution in [1.82, 2.24) is 15.6 Å². The molecule has 1 unspecified atom stereocenters. The largest absolute Gasteiger partial charge is 0.369 e. The Bertz CT molecular complexity index is 708. The highest BCUT2D eigenvalue weighted by Gasteiger charge is 2.24. The maximum Gasteiger partial charge on any atom is 0.315 e. The summed E-state index contributed by atoms with van der Waals surface area (Å²) in [6.07, 6.45) is 4.06. The third-order valence-corrected chi connectivity index (χ3v) is 4.00. The molecule has 0 spiro atoms. The minimum atomic E-state index is -0.332. The molecule has 2 aromatic rings. The van der Waals surface area contributed by atoms with E-state index in [0.29, 0.717) is 5.69 Å². The molecule has 1 aliphatic heterocycles. The zero-order chi connectivity index (χ0) is 17.5. The third kappa shape index (κ3) is 4.94. The molecule has 2 heterocycles. The summed E-state index contributed by atoms with van der Waals surface area (Å²) in [6, 6.07) is 13.3. The molecule has 25 heavy (non-hydrogen) atoms. The SMILES string of the molecule is O=C(CNC(=O)NC1CCN(c2ccccc2)C1)Nc1cccnc1. The normalized spacial score (nSPS) is 16.3. The van der Waals surface area contributed by atoms with Crippen molar-refractivity contribution in [2.24, 2.45) is 0 Å². The molecule has 3 rings (SSSR count). The van der Waals surface area contributed by atoms with Gasteiger partial charge in [0.25, 0.3) is 0 Å². The van der Waals surface area contributed by atoms with Gasteiger partial charge in [0.2, 0.25) is 5.91 Å². The average molecular weight is 339 g/mol. The Balaban J connectivity index is 1.39. The topological polar surface area (TPSA) is 86.4 Å². The lowest BCUT2D eigenvalue weighted by atomic mass is 10.3. The van der Waals surface area contributed by atoms with Crippen molar-refractivity contribution in [3.8, 4) is 0 Å². The monoisotopic (exact) mass is 339 g/mol. The van der Waals surface area contributed by atoms with Crippen molar-refractivity contribution < 1.29 is 9.59 Å². The van der Waals surface area contributed by atoms with E-state index in [1.165, 1.54) is 0 Å². The standard InChI is InChI=1S/C18H21N5O2/c24-17(21-14-5-4-9-19-11-14)12-20-18(25)22-15-8-10-23(13-15)16-6-2-1-3-7-16/h1-7,9,11,15H,8,10,12-13H2,(H,21,24)(H2,20,22,25). The number of hydrogen-bond acceptors (Lipinski definition) is 4. The van der Waals surface area contributed by atoms with Crippen LogP contribution in [0.2, 0.25) is 0 Å². The van der Waals surface area contributed by atoms with Crippen LogP contribution in [0.1, 0.15) is 6.42 Å². The third-order valence-electron chi connectivity index (χ3n) is 4.00. The molecule has 1 aliphatic rings. The van der Waals surface area contributed by atoms with Gasteiger partial charge in [-0.3, -0.25) is 9.78 Å². The molecule has 0 radical (unpaired) electrons. The Hall–Kier alpha value is -3.09. The minimum Gasteiger partial charge on any atom is -0.369 e. The Morgan fingerprint density at radius 2 is 2.00 bits per heavy atom. The van der Waals surface area contributed by atoms with Crippen molar-refractivity contribution in [3.63, 3.8) is 0 Å². The molecule has 1 atom stereocenters. The van der Waals surface area contributed by atoms with Crippen molar-refractivity contribution >= 4 is 23.3 Å². The lowest BCUT2D eigenvalue weighted by molar-refractivity contribution is -0.115. The summed E-state index contributed by atoms with van der Waals surface area (Å²) in [4.78, 5) is 29.9. The first kappa shape index (κ1) is 16.8. The summed E-state index contributed by atoms with van der Waals surface area (Å²) in [5.41, 5.74) is 1.76. The van der Waals surface area contributed by atoms with Gasteiger partial charge in [0, 0.05) is 31.0 Å². The van der Waals surface area contributed by atoms with E-state index in [2.05, 4.69) is 38.0 Å². The molecule has 1 fully saturated rings. The van der Waals surface area contributed by atoms with Gasteiger partial charge >= 0.3 is 6.03 Å². The smallest absolute Gasteiger partial charge is 0.315 e. The van der Waals surface area contributed by atoms with Gasteiger partial charge in [-0.05, 0) is 30.7 Å². The number of rotatable bonds is 5. The fourth-order valence-electron chi connectivity index (χ4n) is 2.79. The first-order valence-electron chi connectivity index (χ1n) is 8.25. The summed E-state index contributed by atoms with van der Waals surface area (Å²) in [7, 11) is 0. The number of hydrogen-bond donors (Lipinski definition) is 3. The number of nitrogens with zero attached hydrogens (tertiary/aromatic N) is 2. The van der Waals surface area contributed by atoms with E-state index in [1.54, 1.807) is 24.5 Å². The summed E-state index contributed by atoms with van der Waals surface area (Å²) in [6.45, 7) is 1.58. The number of para-hydroxylation sites is 1. The Morgan fingerprint density at radius 1 is 1.16 bits per heavy atom. The molecule has 1 aromatic carbocycles. The van der Waals surface area contributed by atoms with E-state index in [4.69, 9.17) is 0 Å². The number of nitrogens with one attached hydrogen (secondary N) is 3. The highest BCUT2D eigenvalue weighted by molar-refractivity contribution is 5.94. The van der Waals surface area contributed by atoms with Gasteiger partial charge in [-0.1, -0.05) is 18.2 Å². The van der Waals surface area contributed by atoms with E-state index in [1.807, 2.05) is 18.2 Å². The van der Waals surface area contributed by atoms with Crippen LogP contribution >= 0.6 is 0 Å². The van der Waals surface area contributed by atoms with Crippen molar-refractivity contribution in [3.05, 3.63) is 54.9 Å². The van der Waals surface area contributed by atoms with E-state index in [0.717, 1.165) is 25.2 Å². The predicted octanol–water partition coefficient (Wildman–Crippen LogP) is 1.60. The number of carbonyl (C=O) groups excluding carboxylic acids is 2. The van der Waals surface area contributed by atoms with Crippen LogP contribution < -0.4 is 20.9 Å².